The summed E-state index contributed by atoms with van der Waals surface area (Å²) in [6.07, 6.45) is 0. The third kappa shape index (κ3) is 4.65. The Labute approximate surface area is 142 Å². The first kappa shape index (κ1) is 16.7. The van der Waals surface area contributed by atoms with Crippen LogP contribution in [0.5, 0.6) is 0 Å². The minimum Gasteiger partial charge on any atom is -0.301 e. The lowest BCUT2D eigenvalue weighted by molar-refractivity contribution is 0.288. The van der Waals surface area contributed by atoms with Crippen molar-refractivity contribution in [3.63, 3.8) is 0 Å². The molecule has 0 amide bonds. The summed E-state index contributed by atoms with van der Waals surface area (Å²) in [6.45, 7) is 4.21. The third-order valence-corrected chi connectivity index (χ3v) is 4.35. The van der Waals surface area contributed by atoms with Crippen LogP contribution in [0.25, 0.3) is 0 Å². The summed E-state index contributed by atoms with van der Waals surface area (Å²) in [7, 11) is 2.12. The topological polar surface area (TPSA) is 3.24 Å². The largest absolute Gasteiger partial charge is 0.301 e. The molecule has 3 rings (SSSR count). The Hall–Kier alpha value is -0.670. The molecule has 0 aromatic heterocycles. The Bertz CT molecular complexity index is 601. The molecule has 1 aliphatic heterocycles. The summed E-state index contributed by atoms with van der Waals surface area (Å²) in [6, 6.07) is 13.7. The quantitative estimate of drug-likeness (QED) is 0.618. The van der Waals surface area contributed by atoms with E-state index in [2.05, 4.69) is 31.5 Å². The van der Waals surface area contributed by atoms with Gasteiger partial charge in [-0.05, 0) is 48.4 Å². The Morgan fingerprint density at radius 3 is 2.38 bits per heavy atom. The average molecular weight is 340 g/mol. The number of fused-ring (bicyclic) bond motifs is 1. The minimum absolute atomic E-state index is 0.514. The molecule has 1 aliphatic rings. The summed E-state index contributed by atoms with van der Waals surface area (Å²) < 4.78 is 0. The van der Waals surface area contributed by atoms with E-state index in [9.17, 15) is 0 Å². The molecule has 1 unspecified atom stereocenters. The fourth-order valence-corrected chi connectivity index (χ4v) is 3.30. The van der Waals surface area contributed by atoms with Crippen molar-refractivity contribution in [2.24, 2.45) is 0 Å². The lowest BCUT2D eigenvalue weighted by Gasteiger charge is -2.30. The summed E-state index contributed by atoms with van der Waals surface area (Å²) in [4.78, 5) is 3.30. The molecule has 0 aliphatic carbocycles. The lowest BCUT2D eigenvalue weighted by atomic mass is 9.91. The number of hydrogen-bond donors (Lipinski definition) is 1. The van der Waals surface area contributed by atoms with Gasteiger partial charge < -0.3 is 4.90 Å². The number of rotatable bonds is 0. The molecule has 1 atom stereocenters. The normalized spacial score (nSPS) is 17.7. The smallest absolute Gasteiger partial charge is 0.0468 e. The molecule has 4 heteroatoms. The lowest BCUT2D eigenvalue weighted by Crippen LogP contribution is -2.29. The number of nitrogens with zero attached hydrogens (tertiary/aromatic N) is 1. The summed E-state index contributed by atoms with van der Waals surface area (Å²) in [5.74, 6) is 0.514. The first-order chi connectivity index (χ1) is 9.97. The van der Waals surface area contributed by atoms with Gasteiger partial charge in [0.05, 0.1) is 0 Å². The van der Waals surface area contributed by atoms with Gasteiger partial charge in [-0.15, -0.1) is 12.6 Å². The molecule has 1 heterocycles. The number of benzene rings is 2. The van der Waals surface area contributed by atoms with E-state index in [1.807, 2.05) is 42.5 Å². The SMILES string of the molecule is CC1CN(C)Cc2c(Cl)cc(Cl)cc21.Sc1ccccc1. The zero-order valence-corrected chi connectivity index (χ0v) is 14.6. The van der Waals surface area contributed by atoms with Crippen LogP contribution < -0.4 is 0 Å². The number of likely N-dealkylation sites (N-methyl/N-ethyl adjacent to an activating group) is 1. The van der Waals surface area contributed by atoms with Crippen LogP contribution in [0.2, 0.25) is 10.0 Å². The van der Waals surface area contributed by atoms with Crippen molar-refractivity contribution in [3.8, 4) is 0 Å². The Balaban J connectivity index is 0.000000194. The maximum absolute atomic E-state index is 6.17. The summed E-state index contributed by atoms with van der Waals surface area (Å²) >= 11 is 16.2. The van der Waals surface area contributed by atoms with Gasteiger partial charge in [-0.2, -0.15) is 0 Å². The molecule has 0 fully saturated rings. The van der Waals surface area contributed by atoms with E-state index in [1.54, 1.807) is 0 Å². The van der Waals surface area contributed by atoms with Gasteiger partial charge in [-0.25, -0.2) is 0 Å². The fourth-order valence-electron chi connectivity index (χ4n) is 2.56. The van der Waals surface area contributed by atoms with Crippen LogP contribution in [0.4, 0.5) is 0 Å². The molecule has 0 saturated heterocycles. The van der Waals surface area contributed by atoms with Crippen LogP contribution in [0.3, 0.4) is 0 Å². The minimum atomic E-state index is 0.514. The third-order valence-electron chi connectivity index (χ3n) is 3.50. The molecule has 0 radical (unpaired) electrons. The highest BCUT2D eigenvalue weighted by Crippen LogP contribution is 2.34. The predicted molar refractivity (Wildman–Crippen MR) is 94.9 cm³/mol. The Kier molecular flexibility index (Phi) is 6.00. The molecule has 0 bridgehead atoms. The van der Waals surface area contributed by atoms with E-state index < -0.39 is 0 Å². The number of thiol groups is 1. The molecule has 112 valence electrons. The van der Waals surface area contributed by atoms with Gasteiger partial charge in [0.15, 0.2) is 0 Å². The van der Waals surface area contributed by atoms with E-state index in [-0.39, 0.29) is 0 Å². The Morgan fingerprint density at radius 1 is 1.14 bits per heavy atom. The molecule has 1 nitrogen and oxygen atoms in total. The summed E-state index contributed by atoms with van der Waals surface area (Å²) in [5, 5.41) is 1.54. The predicted octanol–water partition coefficient (Wildman–Crippen LogP) is 5.52. The van der Waals surface area contributed by atoms with Crippen molar-refractivity contribution >= 4 is 35.8 Å². The molecule has 0 saturated carbocycles. The van der Waals surface area contributed by atoms with Crippen LogP contribution in [-0.4, -0.2) is 18.5 Å². The fraction of sp³-hybridized carbons (Fsp3) is 0.294. The zero-order valence-electron chi connectivity index (χ0n) is 12.2. The second-order valence-electron chi connectivity index (χ2n) is 5.39. The van der Waals surface area contributed by atoms with Crippen LogP contribution in [0.1, 0.15) is 24.0 Å². The number of hydrogen-bond acceptors (Lipinski definition) is 2. The molecule has 0 N–H and O–H groups in total. The second-order valence-corrected chi connectivity index (χ2v) is 6.75. The van der Waals surface area contributed by atoms with Gasteiger partial charge in [0.2, 0.25) is 0 Å². The van der Waals surface area contributed by atoms with Gasteiger partial charge in [0.1, 0.15) is 0 Å². The van der Waals surface area contributed by atoms with E-state index in [0.717, 1.165) is 28.0 Å². The second kappa shape index (κ2) is 7.55. The van der Waals surface area contributed by atoms with Gasteiger partial charge in [0.25, 0.3) is 0 Å². The van der Waals surface area contributed by atoms with Gasteiger partial charge >= 0.3 is 0 Å². The van der Waals surface area contributed by atoms with Crippen LogP contribution >= 0.6 is 35.8 Å². The monoisotopic (exact) mass is 339 g/mol. The molecule has 21 heavy (non-hydrogen) atoms. The zero-order chi connectivity index (χ0) is 15.4. The molecular formula is C17H19Cl2NS. The Morgan fingerprint density at radius 2 is 1.81 bits per heavy atom. The first-order valence-corrected chi connectivity index (χ1v) is 8.08. The van der Waals surface area contributed by atoms with Crippen molar-refractivity contribution in [1.29, 1.82) is 0 Å². The highest BCUT2D eigenvalue weighted by atomic mass is 35.5. The van der Waals surface area contributed by atoms with E-state index in [1.165, 1.54) is 11.1 Å². The van der Waals surface area contributed by atoms with Crippen molar-refractivity contribution in [2.45, 2.75) is 24.3 Å². The van der Waals surface area contributed by atoms with Crippen LogP contribution in [0.15, 0.2) is 47.4 Å². The van der Waals surface area contributed by atoms with Gasteiger partial charge in [-0.1, -0.05) is 48.3 Å². The van der Waals surface area contributed by atoms with Crippen molar-refractivity contribution in [1.82, 2.24) is 4.90 Å². The first-order valence-electron chi connectivity index (χ1n) is 6.87. The van der Waals surface area contributed by atoms with Crippen LogP contribution in [0, 0.1) is 0 Å². The van der Waals surface area contributed by atoms with Gasteiger partial charge in [-0.3, -0.25) is 0 Å². The van der Waals surface area contributed by atoms with Gasteiger partial charge in [0, 0.05) is 28.0 Å². The van der Waals surface area contributed by atoms with Crippen LogP contribution in [-0.2, 0) is 6.54 Å². The van der Waals surface area contributed by atoms with E-state index in [0.29, 0.717) is 5.92 Å². The van der Waals surface area contributed by atoms with E-state index in [4.69, 9.17) is 23.2 Å². The average Bonchev–Trinajstić information content (AvgIpc) is 2.42. The van der Waals surface area contributed by atoms with Crippen molar-refractivity contribution in [2.75, 3.05) is 13.6 Å². The summed E-state index contributed by atoms with van der Waals surface area (Å²) in [5.41, 5.74) is 2.54. The maximum Gasteiger partial charge on any atom is 0.0468 e. The molecule has 2 aromatic rings. The maximum atomic E-state index is 6.17. The highest BCUT2D eigenvalue weighted by molar-refractivity contribution is 7.80. The van der Waals surface area contributed by atoms with Crippen molar-refractivity contribution in [3.05, 3.63) is 63.6 Å². The van der Waals surface area contributed by atoms with E-state index >= 15 is 0 Å². The van der Waals surface area contributed by atoms with Crippen molar-refractivity contribution < 1.29 is 0 Å². The highest BCUT2D eigenvalue weighted by Gasteiger charge is 2.22. The molecule has 0 spiro atoms. The number of halogens is 2. The molecule has 2 aromatic carbocycles. The molecular weight excluding hydrogens is 321 g/mol. The standard InChI is InChI=1S/C11H13Cl2N.C6H6S/c1-7-5-14(2)6-10-9(7)3-8(12)4-11(10)13;7-6-4-2-1-3-5-6/h3-4,7H,5-6H2,1-2H3;1-5,7H.